The van der Waals surface area contributed by atoms with E-state index in [2.05, 4.69) is 11.0 Å². The van der Waals surface area contributed by atoms with Gasteiger partial charge in [-0.15, -0.1) is 0 Å². The maximum absolute atomic E-state index is 12.6. The number of rotatable bonds is 1. The molecule has 0 saturated carbocycles. The lowest BCUT2D eigenvalue weighted by Crippen LogP contribution is -2.74. The Morgan fingerprint density at radius 2 is 1.63 bits per heavy atom. The molecule has 2 aliphatic carbocycles. The second kappa shape index (κ2) is 10.1. The van der Waals surface area contributed by atoms with Crippen molar-refractivity contribution in [2.45, 2.75) is 36.0 Å². The normalized spacial score (nSPS) is 29.5. The predicted octanol–water partition coefficient (Wildman–Crippen LogP) is -2.13. The monoisotopic (exact) mass is 545 g/mol. The lowest BCUT2D eigenvalue weighted by molar-refractivity contribution is -0.151. The van der Waals surface area contributed by atoms with Crippen molar-refractivity contribution < 1.29 is 65.4 Å². The molecule has 0 aromatic heterocycles. The Kier molecular flexibility index (Phi) is 8.86. The first-order valence-corrected chi connectivity index (χ1v) is 12.2. The fourth-order valence-electron chi connectivity index (χ4n) is 5.28. The molecule has 1 unspecified atom stereocenters. The topological polar surface area (TPSA) is 271 Å². The zero-order valence-electron chi connectivity index (χ0n) is 18.4. The Morgan fingerprint density at radius 1 is 1.09 bits per heavy atom. The molecule has 2 heterocycles. The van der Waals surface area contributed by atoms with E-state index >= 15 is 0 Å². The van der Waals surface area contributed by atoms with Crippen LogP contribution in [0.1, 0.15) is 17.5 Å². The van der Waals surface area contributed by atoms with E-state index < -0.39 is 37.9 Å². The van der Waals surface area contributed by atoms with Gasteiger partial charge in [-0.1, -0.05) is 6.07 Å². The molecule has 4 atom stereocenters. The highest BCUT2D eigenvalue weighted by Crippen LogP contribution is 2.63. The summed E-state index contributed by atoms with van der Waals surface area (Å²) < 4.78 is 74.7. The maximum atomic E-state index is 12.6. The molecule has 5 rings (SSSR count). The number of hydrogen-bond acceptors (Lipinski definition) is 9. The van der Waals surface area contributed by atoms with Gasteiger partial charge in [0.05, 0.1) is 12.5 Å². The van der Waals surface area contributed by atoms with Crippen molar-refractivity contribution in [1.82, 2.24) is 4.90 Å². The number of benzene rings is 1. The van der Waals surface area contributed by atoms with Crippen LogP contribution in [0.3, 0.4) is 0 Å². The average molecular weight is 546 g/mol. The first-order valence-electron chi connectivity index (χ1n) is 9.45. The number of ketones is 1. The Bertz CT molecular complexity index is 1170. The van der Waals surface area contributed by atoms with Gasteiger partial charge in [0.15, 0.2) is 23.4 Å². The second-order valence-corrected chi connectivity index (χ2v) is 9.80. The lowest BCUT2D eigenvalue weighted by atomic mass is 9.51. The number of carbonyl (C=O) groups excluding carboxylic acids is 1. The van der Waals surface area contributed by atoms with E-state index in [0.29, 0.717) is 17.9 Å². The second-order valence-electron chi connectivity index (χ2n) is 8.01. The summed E-state index contributed by atoms with van der Waals surface area (Å²) in [6.07, 6.45) is 4.00. The molecule has 1 fully saturated rings. The number of hydrogen-bond donors (Lipinski definition) is 5. The van der Waals surface area contributed by atoms with Gasteiger partial charge in [-0.2, -0.15) is 16.8 Å². The third-order valence-corrected chi connectivity index (χ3v) is 6.34. The highest BCUT2D eigenvalue weighted by molar-refractivity contribution is 7.80. The van der Waals surface area contributed by atoms with Crippen molar-refractivity contribution >= 4 is 26.6 Å². The first-order chi connectivity index (χ1) is 15.0. The molecule has 2 bridgehead atoms. The van der Waals surface area contributed by atoms with E-state index in [9.17, 15) is 9.90 Å². The van der Waals surface area contributed by atoms with E-state index in [1.54, 1.807) is 13.2 Å². The van der Waals surface area contributed by atoms with E-state index in [1.165, 1.54) is 6.08 Å². The van der Waals surface area contributed by atoms with Crippen LogP contribution in [-0.2, 0) is 37.4 Å². The van der Waals surface area contributed by atoms with Crippen molar-refractivity contribution in [3.63, 3.8) is 0 Å². The number of likely N-dealkylation sites (N-methyl/N-ethyl adjacent to an activating group) is 1. The number of ether oxygens (including phenoxy) is 2. The smallest absolute Gasteiger partial charge is 0.394 e. The van der Waals surface area contributed by atoms with E-state index in [4.69, 9.17) is 44.5 Å². The van der Waals surface area contributed by atoms with Gasteiger partial charge in [-0.05, 0) is 50.2 Å². The summed E-state index contributed by atoms with van der Waals surface area (Å²) in [5.74, 6) is 1.22. The minimum atomic E-state index is -4.67. The summed E-state index contributed by atoms with van der Waals surface area (Å²) in [6, 6.07) is 3.92. The van der Waals surface area contributed by atoms with E-state index in [1.807, 2.05) is 13.1 Å². The Balaban J connectivity index is 0.000000440. The molecule has 1 spiro atoms. The highest BCUT2D eigenvalue weighted by Gasteiger charge is 2.71. The van der Waals surface area contributed by atoms with Crippen LogP contribution in [0.2, 0.25) is 0 Å². The van der Waals surface area contributed by atoms with Gasteiger partial charge in [0.1, 0.15) is 5.60 Å². The summed E-state index contributed by atoms with van der Waals surface area (Å²) in [5.41, 5.74) is 0.385. The van der Waals surface area contributed by atoms with Gasteiger partial charge in [-0.25, -0.2) is 0 Å². The molecule has 1 aromatic carbocycles. The highest BCUT2D eigenvalue weighted by atomic mass is 32.3. The zero-order chi connectivity index (χ0) is 25.0. The minimum Gasteiger partial charge on any atom is -0.493 e. The lowest BCUT2D eigenvalue weighted by Gasteiger charge is -2.60. The van der Waals surface area contributed by atoms with Crippen LogP contribution in [-0.4, -0.2) is 100 Å². The summed E-state index contributed by atoms with van der Waals surface area (Å²) >= 11 is 0. The van der Waals surface area contributed by atoms with Gasteiger partial charge in [-0.3, -0.25) is 27.9 Å². The third-order valence-electron chi connectivity index (χ3n) is 6.34. The Labute approximate surface area is 200 Å². The molecule has 1 saturated heterocycles. The van der Waals surface area contributed by atoms with Gasteiger partial charge in [0.25, 0.3) is 0 Å². The largest absolute Gasteiger partial charge is 0.493 e. The zero-order valence-corrected chi connectivity index (χ0v) is 20.1. The number of nitrogens with zero attached hydrogens (tertiary/aromatic N) is 1. The number of methoxy groups -OCH3 is 1. The Hall–Kier alpha value is -2.19. The van der Waals surface area contributed by atoms with Crippen LogP contribution < -0.4 is 9.47 Å². The molecule has 0 radical (unpaired) electrons. The number of carbonyl (C=O) groups is 1. The van der Waals surface area contributed by atoms with Crippen LogP contribution >= 0.6 is 0 Å². The number of likely N-dealkylation sites (tertiary alicyclic amines) is 1. The molecule has 0 amide bonds. The predicted molar refractivity (Wildman–Crippen MR) is 119 cm³/mol. The first kappa shape index (κ1) is 30.8. The molecule has 200 valence electrons. The number of aliphatic hydroxyl groups is 1. The SMILES string of the molecule is COc1ccc2c3c1OC1C(=O)C=C[C@@]4(O)[C@@H](C2)N(C)CC[C@]314.O.O.O=S(=O)(O)O.O=S(=O)(O)O. The van der Waals surface area contributed by atoms with Gasteiger partial charge < -0.3 is 25.5 Å². The van der Waals surface area contributed by atoms with Crippen LogP contribution in [0, 0.1) is 0 Å². The summed E-state index contributed by atoms with van der Waals surface area (Å²) in [4.78, 5) is 14.8. The Morgan fingerprint density at radius 3 is 2.14 bits per heavy atom. The third kappa shape index (κ3) is 5.48. The summed E-state index contributed by atoms with van der Waals surface area (Å²) in [7, 11) is -5.69. The fraction of sp³-hybridized carbons (Fsp3) is 0.500. The van der Waals surface area contributed by atoms with Gasteiger partial charge in [0, 0.05) is 11.6 Å². The van der Waals surface area contributed by atoms with Crippen LogP contribution in [0.5, 0.6) is 11.5 Å². The van der Waals surface area contributed by atoms with E-state index in [0.717, 1.165) is 24.1 Å². The molecule has 2 aliphatic heterocycles. The van der Waals surface area contributed by atoms with Crippen LogP contribution in [0.4, 0.5) is 0 Å². The molecule has 9 N–H and O–H groups in total. The molecular weight excluding hydrogens is 518 g/mol. The fourth-order valence-corrected chi connectivity index (χ4v) is 5.28. The minimum absolute atomic E-state index is 0. The maximum Gasteiger partial charge on any atom is 0.394 e. The van der Waals surface area contributed by atoms with Crippen LogP contribution in [0.15, 0.2) is 24.3 Å². The molecule has 15 nitrogen and oxygen atoms in total. The van der Waals surface area contributed by atoms with Gasteiger partial charge in [0.2, 0.25) is 0 Å². The molecule has 35 heavy (non-hydrogen) atoms. The molecule has 17 heteroatoms. The molecular formula is C18H27NO14S2. The van der Waals surface area contributed by atoms with Crippen molar-refractivity contribution in [1.29, 1.82) is 0 Å². The molecule has 4 aliphatic rings. The average Bonchev–Trinajstić information content (AvgIpc) is 3.01. The van der Waals surface area contributed by atoms with Crippen molar-refractivity contribution in [3.8, 4) is 11.5 Å². The quantitative estimate of drug-likeness (QED) is 0.236. The van der Waals surface area contributed by atoms with Crippen molar-refractivity contribution in [2.75, 3.05) is 20.7 Å². The van der Waals surface area contributed by atoms with Crippen LogP contribution in [0.25, 0.3) is 0 Å². The standard InChI is InChI=1S/C18H19NO4.2H2O4S.2H2O/c1-19-8-7-17-14-10-3-4-12(22-2)15(14)23-16(17)11(20)5-6-18(17,21)13(19)9-10;2*1-5(2,3)4;;/h3-6,13,16,21H,7-9H2,1-2H3;2*(H2,1,2,3,4);2*1H2/t13-,16?,17+,18-;;;;/m1..../s1. The number of piperidine rings is 1. The van der Waals surface area contributed by atoms with Crippen molar-refractivity contribution in [3.05, 3.63) is 35.4 Å². The van der Waals surface area contributed by atoms with E-state index in [-0.39, 0.29) is 22.8 Å². The summed E-state index contributed by atoms with van der Waals surface area (Å²) in [5, 5.41) is 11.7. The van der Waals surface area contributed by atoms with Crippen molar-refractivity contribution in [2.24, 2.45) is 0 Å². The molecule has 1 aromatic rings. The van der Waals surface area contributed by atoms with Gasteiger partial charge >= 0.3 is 20.8 Å². The summed E-state index contributed by atoms with van der Waals surface area (Å²) in [6.45, 7) is 0.837.